The van der Waals surface area contributed by atoms with Crippen molar-refractivity contribution in [3.05, 3.63) is 65.2 Å². The summed E-state index contributed by atoms with van der Waals surface area (Å²) in [6, 6.07) is 13.5. The van der Waals surface area contributed by atoms with Crippen LogP contribution in [0.25, 0.3) is 0 Å². The van der Waals surface area contributed by atoms with Crippen LogP contribution in [0.1, 0.15) is 34.0 Å². The second-order valence-corrected chi connectivity index (χ2v) is 6.97. The number of benzene rings is 2. The van der Waals surface area contributed by atoms with E-state index in [4.69, 9.17) is 8.92 Å². The Hall–Kier alpha value is -2.18. The smallest absolute Gasteiger partial charge is 0.339 e. The van der Waals surface area contributed by atoms with E-state index in [0.717, 1.165) is 11.1 Å². The van der Waals surface area contributed by atoms with E-state index in [1.54, 1.807) is 30.3 Å². The van der Waals surface area contributed by atoms with Crippen molar-refractivity contribution < 1.29 is 22.1 Å². The molecule has 0 fully saturated rings. The zero-order chi connectivity index (χ0) is 16.4. The molecule has 0 N–H and O–H groups in total. The van der Waals surface area contributed by atoms with Gasteiger partial charge in [-0.25, -0.2) is 4.79 Å². The highest BCUT2D eigenvalue weighted by Gasteiger charge is 2.30. The van der Waals surface area contributed by atoms with Gasteiger partial charge in [-0.05, 0) is 25.1 Å². The summed E-state index contributed by atoms with van der Waals surface area (Å²) >= 11 is 0. The van der Waals surface area contributed by atoms with Gasteiger partial charge in [-0.15, -0.1) is 0 Å². The van der Waals surface area contributed by atoms with Gasteiger partial charge in [0, 0.05) is 12.0 Å². The van der Waals surface area contributed by atoms with Crippen molar-refractivity contribution in [3.63, 3.8) is 0 Å². The molecule has 1 atom stereocenters. The molecule has 1 aliphatic heterocycles. The fraction of sp³-hybridized carbons (Fsp3) is 0.235. The minimum atomic E-state index is -3.80. The first-order valence-corrected chi connectivity index (χ1v) is 8.64. The molecule has 2 aromatic carbocycles. The molecule has 1 unspecified atom stereocenters. The van der Waals surface area contributed by atoms with E-state index in [0.29, 0.717) is 5.56 Å². The molecule has 120 valence electrons. The number of aryl methyl sites for hydroxylation is 1. The monoisotopic (exact) mass is 332 g/mol. The number of esters is 1. The molecular weight excluding hydrogens is 316 g/mol. The van der Waals surface area contributed by atoms with Crippen LogP contribution >= 0.6 is 0 Å². The summed E-state index contributed by atoms with van der Waals surface area (Å²) < 4.78 is 34.5. The van der Waals surface area contributed by atoms with E-state index >= 15 is 0 Å². The molecule has 0 saturated carbocycles. The Morgan fingerprint density at radius 1 is 1.09 bits per heavy atom. The first-order valence-electron chi connectivity index (χ1n) is 7.23. The van der Waals surface area contributed by atoms with Crippen molar-refractivity contribution >= 4 is 16.1 Å². The van der Waals surface area contributed by atoms with Crippen LogP contribution in [0.5, 0.6) is 0 Å². The van der Waals surface area contributed by atoms with Crippen molar-refractivity contribution in [2.24, 2.45) is 0 Å². The summed E-state index contributed by atoms with van der Waals surface area (Å²) in [4.78, 5) is 11.8. The van der Waals surface area contributed by atoms with Crippen LogP contribution in [0.4, 0.5) is 0 Å². The van der Waals surface area contributed by atoms with Gasteiger partial charge in [-0.3, -0.25) is 4.18 Å². The first kappa shape index (κ1) is 15.7. The van der Waals surface area contributed by atoms with Gasteiger partial charge in [-0.2, -0.15) is 8.42 Å². The maximum Gasteiger partial charge on any atom is 0.339 e. The maximum absolute atomic E-state index is 12.1. The normalized spacial score (nSPS) is 16.9. The molecule has 0 amide bonds. The van der Waals surface area contributed by atoms with E-state index in [2.05, 4.69) is 0 Å². The number of carbonyl (C=O) groups excluding carboxylic acids is 1. The van der Waals surface area contributed by atoms with Gasteiger partial charge in [0.05, 0.1) is 17.1 Å². The average molecular weight is 332 g/mol. The zero-order valence-corrected chi connectivity index (χ0v) is 13.4. The second-order valence-electron chi connectivity index (χ2n) is 5.36. The van der Waals surface area contributed by atoms with Gasteiger partial charge in [-0.1, -0.05) is 35.9 Å². The Labute approximate surface area is 135 Å². The molecule has 3 rings (SSSR count). The number of carbonyl (C=O) groups is 1. The van der Waals surface area contributed by atoms with Gasteiger partial charge in [0.2, 0.25) is 0 Å². The van der Waals surface area contributed by atoms with Crippen molar-refractivity contribution in [2.75, 3.05) is 6.61 Å². The Morgan fingerprint density at radius 2 is 1.78 bits per heavy atom. The molecule has 0 aromatic heterocycles. The highest BCUT2D eigenvalue weighted by molar-refractivity contribution is 7.86. The van der Waals surface area contributed by atoms with Gasteiger partial charge in [0.15, 0.2) is 0 Å². The quantitative estimate of drug-likeness (QED) is 0.622. The van der Waals surface area contributed by atoms with E-state index in [1.165, 1.54) is 12.1 Å². The largest absolute Gasteiger partial charge is 0.454 e. The lowest BCUT2D eigenvalue weighted by Gasteiger charge is -2.11. The van der Waals surface area contributed by atoms with Crippen LogP contribution in [0, 0.1) is 6.92 Å². The Bertz CT molecular complexity index is 824. The fourth-order valence-corrected chi connectivity index (χ4v) is 3.39. The Kier molecular flexibility index (Phi) is 4.19. The van der Waals surface area contributed by atoms with E-state index in [-0.39, 0.29) is 23.9 Å². The number of hydrogen-bond donors (Lipinski definition) is 0. The molecule has 5 nitrogen and oxygen atoms in total. The third-order valence-corrected chi connectivity index (χ3v) is 5.03. The molecule has 2 aromatic rings. The summed E-state index contributed by atoms with van der Waals surface area (Å²) in [6.45, 7) is 1.83. The summed E-state index contributed by atoms with van der Waals surface area (Å²) in [5.41, 5.74) is 2.27. The van der Waals surface area contributed by atoms with Crippen LogP contribution in [-0.2, 0) is 19.0 Å². The molecule has 1 heterocycles. The molecule has 0 aliphatic carbocycles. The average Bonchev–Trinajstić information content (AvgIpc) is 2.85. The van der Waals surface area contributed by atoms with E-state index in [9.17, 15) is 13.2 Å². The van der Waals surface area contributed by atoms with Gasteiger partial charge in [0.1, 0.15) is 6.10 Å². The standard InChI is InChI=1S/C17H16O5S/c1-12-6-8-13(9-7-12)23(19,20)21-11-10-16-14-4-2-3-5-15(14)17(18)22-16/h2-9,16H,10-11H2,1H3. The SMILES string of the molecule is Cc1ccc(S(=O)(=O)OCCC2OC(=O)c3ccccc32)cc1. The van der Waals surface area contributed by atoms with Crippen molar-refractivity contribution in [1.29, 1.82) is 0 Å². The number of hydrogen-bond acceptors (Lipinski definition) is 5. The highest BCUT2D eigenvalue weighted by atomic mass is 32.2. The van der Waals surface area contributed by atoms with Crippen molar-refractivity contribution in [2.45, 2.75) is 24.3 Å². The van der Waals surface area contributed by atoms with Crippen molar-refractivity contribution in [3.8, 4) is 0 Å². The third kappa shape index (κ3) is 3.28. The number of rotatable bonds is 5. The molecular formula is C17H16O5S. The second kappa shape index (κ2) is 6.14. The zero-order valence-electron chi connectivity index (χ0n) is 12.6. The van der Waals surface area contributed by atoms with Gasteiger partial charge in [0.25, 0.3) is 10.1 Å². The van der Waals surface area contributed by atoms with Crippen LogP contribution in [0.15, 0.2) is 53.4 Å². The third-order valence-electron chi connectivity index (χ3n) is 3.71. The van der Waals surface area contributed by atoms with E-state index in [1.807, 2.05) is 13.0 Å². The van der Waals surface area contributed by atoms with Crippen LogP contribution < -0.4 is 0 Å². The first-order chi connectivity index (χ1) is 11.0. The summed E-state index contributed by atoms with van der Waals surface area (Å²) in [5, 5.41) is 0. The van der Waals surface area contributed by atoms with E-state index < -0.39 is 16.2 Å². The van der Waals surface area contributed by atoms with Crippen LogP contribution in [0.3, 0.4) is 0 Å². The lowest BCUT2D eigenvalue weighted by molar-refractivity contribution is 0.0342. The van der Waals surface area contributed by atoms with Crippen LogP contribution in [-0.4, -0.2) is 21.0 Å². The molecule has 0 bridgehead atoms. The minimum absolute atomic E-state index is 0.0531. The number of ether oxygens (including phenoxy) is 1. The lowest BCUT2D eigenvalue weighted by Crippen LogP contribution is -2.10. The summed E-state index contributed by atoms with van der Waals surface area (Å²) in [5.74, 6) is -0.382. The Balaban J connectivity index is 1.64. The van der Waals surface area contributed by atoms with Crippen molar-refractivity contribution in [1.82, 2.24) is 0 Å². The summed E-state index contributed by atoms with van der Waals surface area (Å²) in [7, 11) is -3.80. The predicted molar refractivity (Wildman–Crippen MR) is 83.5 cm³/mol. The topological polar surface area (TPSA) is 69.7 Å². The molecule has 6 heteroatoms. The molecule has 23 heavy (non-hydrogen) atoms. The molecule has 0 saturated heterocycles. The Morgan fingerprint density at radius 3 is 2.52 bits per heavy atom. The van der Waals surface area contributed by atoms with Gasteiger partial charge < -0.3 is 4.74 Å². The maximum atomic E-state index is 12.1. The lowest BCUT2D eigenvalue weighted by atomic mass is 10.0. The molecule has 1 aliphatic rings. The fourth-order valence-electron chi connectivity index (χ4n) is 2.47. The van der Waals surface area contributed by atoms with Crippen LogP contribution in [0.2, 0.25) is 0 Å². The van der Waals surface area contributed by atoms with Gasteiger partial charge >= 0.3 is 5.97 Å². The highest BCUT2D eigenvalue weighted by Crippen LogP contribution is 2.32. The predicted octanol–water partition coefficient (Wildman–Crippen LogP) is 3.00. The summed E-state index contributed by atoms with van der Waals surface area (Å²) in [6.07, 6.45) is -0.180. The number of fused-ring (bicyclic) bond motifs is 1. The minimum Gasteiger partial charge on any atom is -0.454 e. The molecule has 0 spiro atoms. The molecule has 0 radical (unpaired) electrons. The number of cyclic esters (lactones) is 1.